The summed E-state index contributed by atoms with van der Waals surface area (Å²) in [5, 5.41) is 21.6. The minimum atomic E-state index is -0.620. The number of nitro groups is 1. The number of nitrogens with zero attached hydrogens (tertiary/aromatic N) is 5. The minimum absolute atomic E-state index is 0.0142. The van der Waals surface area contributed by atoms with E-state index in [9.17, 15) is 10.1 Å². The van der Waals surface area contributed by atoms with Crippen molar-refractivity contribution in [3.05, 3.63) is 61.7 Å². The van der Waals surface area contributed by atoms with Crippen molar-refractivity contribution >= 4 is 40.1 Å². The molecule has 27 heavy (non-hydrogen) atoms. The van der Waals surface area contributed by atoms with E-state index in [1.165, 1.54) is 22.2 Å². The highest BCUT2D eigenvalue weighted by atomic mass is 35.5. The molecule has 0 saturated carbocycles. The van der Waals surface area contributed by atoms with Crippen LogP contribution in [0.2, 0.25) is 5.02 Å². The molecule has 9 nitrogen and oxygen atoms in total. The molecule has 0 spiro atoms. The summed E-state index contributed by atoms with van der Waals surface area (Å²) in [7, 11) is 1.55. The highest BCUT2D eigenvalue weighted by Crippen LogP contribution is 2.25. The van der Waals surface area contributed by atoms with Crippen LogP contribution in [0.5, 0.6) is 5.75 Å². The zero-order chi connectivity index (χ0) is 19.4. The lowest BCUT2D eigenvalue weighted by molar-refractivity contribution is -0.389. The van der Waals surface area contributed by atoms with Crippen molar-refractivity contribution in [3.63, 3.8) is 0 Å². The van der Waals surface area contributed by atoms with Crippen LogP contribution in [0.25, 0.3) is 0 Å². The maximum Gasteiger partial charge on any atom is 0.408 e. The number of hydrogen-bond donors (Lipinski definition) is 1. The lowest BCUT2D eigenvalue weighted by atomic mass is 10.1. The van der Waals surface area contributed by atoms with Crippen LogP contribution in [0.1, 0.15) is 16.8 Å². The average molecular weight is 407 g/mol. The van der Waals surface area contributed by atoms with Gasteiger partial charge in [0, 0.05) is 10.9 Å². The molecule has 0 amide bonds. The molecule has 0 fully saturated rings. The van der Waals surface area contributed by atoms with Gasteiger partial charge in [0.25, 0.3) is 0 Å². The SMILES string of the molecule is COc1ccc(C=NNc2nc(C)cs2)cc1Cn1cc(Cl)c([N+](=O)[O-])n1. The third-order valence-corrected chi connectivity index (χ3v) is 4.63. The van der Waals surface area contributed by atoms with Crippen molar-refractivity contribution in [2.24, 2.45) is 5.10 Å². The number of methoxy groups -OCH3 is 1. The van der Waals surface area contributed by atoms with Gasteiger partial charge in [-0.25, -0.2) is 4.98 Å². The van der Waals surface area contributed by atoms with Gasteiger partial charge in [0.05, 0.1) is 36.9 Å². The monoisotopic (exact) mass is 406 g/mol. The first kappa shape index (κ1) is 18.8. The fourth-order valence-corrected chi connectivity index (χ4v) is 3.19. The van der Waals surface area contributed by atoms with Crippen molar-refractivity contribution in [2.45, 2.75) is 13.5 Å². The molecule has 0 atom stereocenters. The van der Waals surface area contributed by atoms with Gasteiger partial charge in [-0.05, 0) is 35.6 Å². The second-order valence-corrected chi connectivity index (χ2v) is 6.76. The van der Waals surface area contributed by atoms with Gasteiger partial charge in [0.2, 0.25) is 5.13 Å². The first-order valence-corrected chi connectivity index (χ1v) is 8.97. The number of hydrazone groups is 1. The number of ether oxygens (including phenoxy) is 1. The second-order valence-electron chi connectivity index (χ2n) is 5.49. The Hall–Kier alpha value is -2.98. The molecule has 11 heteroatoms. The Morgan fingerprint density at radius 3 is 2.96 bits per heavy atom. The molecule has 3 aromatic rings. The number of nitrogens with one attached hydrogen (secondary N) is 1. The summed E-state index contributed by atoms with van der Waals surface area (Å²) < 4.78 is 6.76. The van der Waals surface area contributed by atoms with Gasteiger partial charge in [-0.2, -0.15) is 9.78 Å². The highest BCUT2D eigenvalue weighted by molar-refractivity contribution is 7.13. The van der Waals surface area contributed by atoms with E-state index in [0.29, 0.717) is 10.9 Å². The van der Waals surface area contributed by atoms with E-state index in [1.807, 2.05) is 24.4 Å². The lowest BCUT2D eigenvalue weighted by Gasteiger charge is -2.08. The van der Waals surface area contributed by atoms with E-state index in [4.69, 9.17) is 16.3 Å². The molecule has 140 valence electrons. The topological polar surface area (TPSA) is 107 Å². The molecule has 0 bridgehead atoms. The van der Waals surface area contributed by atoms with Crippen molar-refractivity contribution in [1.29, 1.82) is 0 Å². The maximum absolute atomic E-state index is 10.9. The van der Waals surface area contributed by atoms with Gasteiger partial charge in [-0.1, -0.05) is 11.6 Å². The van der Waals surface area contributed by atoms with Crippen LogP contribution < -0.4 is 10.2 Å². The molecule has 0 aliphatic rings. The number of hydrogen-bond acceptors (Lipinski definition) is 8. The van der Waals surface area contributed by atoms with Crippen molar-refractivity contribution < 1.29 is 9.66 Å². The largest absolute Gasteiger partial charge is 0.496 e. The number of benzene rings is 1. The average Bonchev–Trinajstić information content (AvgIpc) is 3.20. The Morgan fingerprint density at radius 2 is 2.33 bits per heavy atom. The molecule has 0 saturated heterocycles. The Balaban J connectivity index is 1.78. The summed E-state index contributed by atoms with van der Waals surface area (Å²) >= 11 is 7.32. The number of aromatic nitrogens is 3. The third-order valence-electron chi connectivity index (χ3n) is 3.50. The summed E-state index contributed by atoms with van der Waals surface area (Å²) in [4.78, 5) is 14.5. The van der Waals surface area contributed by atoms with E-state index in [-0.39, 0.29) is 17.4 Å². The molecule has 0 aliphatic carbocycles. The van der Waals surface area contributed by atoms with E-state index in [0.717, 1.165) is 16.8 Å². The molecule has 1 N–H and O–H groups in total. The maximum atomic E-state index is 10.9. The molecule has 3 rings (SSSR count). The van der Waals surface area contributed by atoms with Gasteiger partial charge >= 0.3 is 5.82 Å². The smallest absolute Gasteiger partial charge is 0.408 e. The van der Waals surface area contributed by atoms with Crippen LogP contribution in [0, 0.1) is 17.0 Å². The molecule has 2 heterocycles. The van der Waals surface area contributed by atoms with Gasteiger partial charge in [-0.15, -0.1) is 11.3 Å². The Morgan fingerprint density at radius 1 is 1.52 bits per heavy atom. The number of halogens is 1. The van der Waals surface area contributed by atoms with Gasteiger partial charge in [0.15, 0.2) is 5.02 Å². The van der Waals surface area contributed by atoms with Gasteiger partial charge in [-0.3, -0.25) is 5.43 Å². The second kappa shape index (κ2) is 8.14. The number of aryl methyl sites for hydroxylation is 1. The zero-order valence-corrected chi connectivity index (χ0v) is 16.0. The molecule has 2 aromatic heterocycles. The Kier molecular flexibility index (Phi) is 5.67. The summed E-state index contributed by atoms with van der Waals surface area (Å²) in [5.41, 5.74) is 5.40. The fraction of sp³-hybridized carbons (Fsp3) is 0.188. The summed E-state index contributed by atoms with van der Waals surface area (Å²) in [5.74, 6) is 0.251. The van der Waals surface area contributed by atoms with Crippen LogP contribution in [0.15, 0.2) is 34.9 Å². The Bertz CT molecular complexity index is 1000. The highest BCUT2D eigenvalue weighted by Gasteiger charge is 2.19. The molecule has 1 aromatic carbocycles. The first-order chi connectivity index (χ1) is 13.0. The van der Waals surface area contributed by atoms with Crippen LogP contribution in [-0.4, -0.2) is 33.0 Å². The van der Waals surface area contributed by atoms with E-state index in [1.54, 1.807) is 19.4 Å². The predicted octanol–water partition coefficient (Wildman–Crippen LogP) is 3.71. The molecule has 0 aliphatic heterocycles. The number of thiazole rings is 1. The number of anilines is 1. The van der Waals surface area contributed by atoms with Gasteiger partial charge < -0.3 is 14.9 Å². The van der Waals surface area contributed by atoms with Crippen LogP contribution in [0.3, 0.4) is 0 Å². The van der Waals surface area contributed by atoms with Crippen LogP contribution >= 0.6 is 22.9 Å². The first-order valence-electron chi connectivity index (χ1n) is 7.71. The molecule has 0 unspecified atom stereocenters. The summed E-state index contributed by atoms with van der Waals surface area (Å²) in [6.45, 7) is 2.17. The standard InChI is InChI=1S/C16H15ClN6O3S/c1-10-9-27-16(19-10)20-18-6-11-3-4-14(26-2)12(5-11)7-22-8-13(17)15(21-22)23(24)25/h3-6,8-9H,7H2,1-2H3,(H,19,20). The summed E-state index contributed by atoms with van der Waals surface area (Å²) in [6.07, 6.45) is 3.06. The lowest BCUT2D eigenvalue weighted by Crippen LogP contribution is -2.04. The van der Waals surface area contributed by atoms with E-state index < -0.39 is 4.92 Å². The molecular weight excluding hydrogens is 392 g/mol. The van der Waals surface area contributed by atoms with Crippen molar-refractivity contribution in [3.8, 4) is 5.75 Å². The zero-order valence-electron chi connectivity index (χ0n) is 14.4. The fourth-order valence-electron chi connectivity index (χ4n) is 2.34. The van der Waals surface area contributed by atoms with E-state index in [2.05, 4.69) is 20.6 Å². The van der Waals surface area contributed by atoms with Crippen LogP contribution in [0.4, 0.5) is 10.9 Å². The predicted molar refractivity (Wildman–Crippen MR) is 104 cm³/mol. The molecular formula is C16H15ClN6O3S. The van der Waals surface area contributed by atoms with E-state index >= 15 is 0 Å². The number of rotatable bonds is 7. The summed E-state index contributed by atoms with van der Waals surface area (Å²) in [6, 6.07) is 5.50. The van der Waals surface area contributed by atoms with Gasteiger partial charge in [0.1, 0.15) is 5.75 Å². The third kappa shape index (κ3) is 4.60. The normalized spacial score (nSPS) is 11.1. The quantitative estimate of drug-likeness (QED) is 0.364. The van der Waals surface area contributed by atoms with Crippen LogP contribution in [-0.2, 0) is 6.54 Å². The van der Waals surface area contributed by atoms with Crippen molar-refractivity contribution in [2.75, 3.05) is 12.5 Å². The minimum Gasteiger partial charge on any atom is -0.496 e. The van der Waals surface area contributed by atoms with Crippen molar-refractivity contribution in [1.82, 2.24) is 14.8 Å². The molecule has 0 radical (unpaired) electrons. The Labute approximate surface area is 163 Å².